The summed E-state index contributed by atoms with van der Waals surface area (Å²) in [5, 5.41) is 0. The molecular formula is C26H29FN4O. The third-order valence-electron chi connectivity index (χ3n) is 5.82. The number of pyridine rings is 1. The van der Waals surface area contributed by atoms with Crippen molar-refractivity contribution in [2.45, 2.75) is 32.5 Å². The summed E-state index contributed by atoms with van der Waals surface area (Å²) in [4.78, 5) is 9.15. The van der Waals surface area contributed by atoms with Gasteiger partial charge in [0.25, 0.3) is 0 Å². The monoisotopic (exact) mass is 432 g/mol. The number of hydrogen-bond acceptors (Lipinski definition) is 5. The van der Waals surface area contributed by atoms with Gasteiger partial charge in [0.1, 0.15) is 17.4 Å². The van der Waals surface area contributed by atoms with Crippen LogP contribution in [0.4, 0.5) is 21.6 Å². The molecule has 3 aromatic rings. The average molecular weight is 433 g/mol. The molecule has 6 heteroatoms. The van der Waals surface area contributed by atoms with Crippen molar-refractivity contribution in [3.8, 4) is 5.75 Å². The Morgan fingerprint density at radius 3 is 2.56 bits per heavy atom. The Morgan fingerprint density at radius 2 is 1.91 bits per heavy atom. The Labute approximate surface area is 188 Å². The molecule has 0 spiro atoms. The number of benzene rings is 2. The number of nitrogens with two attached hydrogens (primary N) is 1. The average Bonchev–Trinajstić information content (AvgIpc) is 2.80. The van der Waals surface area contributed by atoms with E-state index < -0.39 is 5.82 Å². The number of nitrogen functional groups attached to an aromatic ring is 1. The lowest BCUT2D eigenvalue weighted by Gasteiger charge is -2.39. The predicted octanol–water partition coefficient (Wildman–Crippen LogP) is 5.43. The summed E-state index contributed by atoms with van der Waals surface area (Å²) in [5.41, 5.74) is 10.3. The van der Waals surface area contributed by atoms with Crippen molar-refractivity contribution in [2.24, 2.45) is 0 Å². The van der Waals surface area contributed by atoms with Gasteiger partial charge in [-0.1, -0.05) is 30.4 Å². The predicted molar refractivity (Wildman–Crippen MR) is 130 cm³/mol. The molecule has 1 atom stereocenters. The zero-order valence-electron chi connectivity index (χ0n) is 18.9. The number of anilines is 3. The zero-order chi connectivity index (χ0) is 22.8. The first-order chi connectivity index (χ1) is 15.4. The summed E-state index contributed by atoms with van der Waals surface area (Å²) in [6, 6.07) is 15.3. The smallest absolute Gasteiger partial charge is 0.146 e. The van der Waals surface area contributed by atoms with Crippen LogP contribution < -0.4 is 20.3 Å². The molecule has 0 fully saturated rings. The topological polar surface area (TPSA) is 54.6 Å². The molecule has 2 aromatic carbocycles. The second-order valence-electron chi connectivity index (χ2n) is 8.39. The van der Waals surface area contributed by atoms with Crippen LogP contribution >= 0.6 is 0 Å². The van der Waals surface area contributed by atoms with Crippen LogP contribution in [0.5, 0.6) is 5.75 Å². The van der Waals surface area contributed by atoms with Gasteiger partial charge in [-0.2, -0.15) is 0 Å². The number of methoxy groups -OCH3 is 1. The minimum atomic E-state index is -0.392. The second-order valence-corrected chi connectivity index (χ2v) is 8.39. The van der Waals surface area contributed by atoms with E-state index in [-0.39, 0.29) is 17.8 Å². The van der Waals surface area contributed by atoms with Crippen LogP contribution in [-0.2, 0) is 6.54 Å². The Kier molecular flexibility index (Phi) is 6.04. The molecule has 0 saturated heterocycles. The van der Waals surface area contributed by atoms with Gasteiger partial charge in [0.2, 0.25) is 0 Å². The maximum atomic E-state index is 13.7. The van der Waals surface area contributed by atoms with E-state index in [1.165, 1.54) is 11.6 Å². The maximum Gasteiger partial charge on any atom is 0.146 e. The third kappa shape index (κ3) is 4.26. The van der Waals surface area contributed by atoms with E-state index in [0.29, 0.717) is 0 Å². The Hall–Kier alpha value is -3.54. The standard InChI is InChI=1S/C26H29FN4O/c1-17(2)31-24(19-7-11-22(27)23(28)13-19)12-8-20-15-29-26(14-25(20)31)30(3)16-18-5-9-21(32-4)10-6-18/h5-15,17,24H,16,28H2,1-4H3. The van der Waals surface area contributed by atoms with Crippen LogP contribution in [-0.4, -0.2) is 25.2 Å². The number of nitrogens with zero attached hydrogens (tertiary/aromatic N) is 3. The van der Waals surface area contributed by atoms with E-state index in [4.69, 9.17) is 15.5 Å². The van der Waals surface area contributed by atoms with Gasteiger partial charge in [-0.3, -0.25) is 0 Å². The summed E-state index contributed by atoms with van der Waals surface area (Å²) >= 11 is 0. The normalized spacial score (nSPS) is 15.1. The number of halogens is 1. The maximum absolute atomic E-state index is 13.7. The summed E-state index contributed by atoms with van der Waals surface area (Å²) < 4.78 is 19.0. The SMILES string of the molecule is COc1ccc(CN(C)c2cc3c(cn2)C=CC(c2ccc(F)c(N)c2)N3C(C)C)cc1. The lowest BCUT2D eigenvalue weighted by Crippen LogP contribution is -2.36. The number of aromatic nitrogens is 1. The van der Waals surface area contributed by atoms with Crippen LogP contribution in [0.15, 0.2) is 60.8 Å². The molecule has 0 radical (unpaired) electrons. The fraction of sp³-hybridized carbons (Fsp3) is 0.269. The van der Waals surface area contributed by atoms with Crippen LogP contribution in [0.25, 0.3) is 6.08 Å². The van der Waals surface area contributed by atoms with Crippen molar-refractivity contribution in [1.29, 1.82) is 0 Å². The van der Waals surface area contributed by atoms with Gasteiger partial charge in [-0.05, 0) is 49.2 Å². The highest BCUT2D eigenvalue weighted by atomic mass is 19.1. The first-order valence-electron chi connectivity index (χ1n) is 10.7. The van der Waals surface area contributed by atoms with Gasteiger partial charge in [-0.25, -0.2) is 9.37 Å². The first-order valence-corrected chi connectivity index (χ1v) is 10.7. The van der Waals surface area contributed by atoms with Crippen molar-refractivity contribution in [1.82, 2.24) is 4.98 Å². The highest BCUT2D eigenvalue weighted by molar-refractivity contribution is 5.75. The second kappa shape index (κ2) is 8.91. The van der Waals surface area contributed by atoms with Gasteiger partial charge in [0, 0.05) is 37.5 Å². The van der Waals surface area contributed by atoms with Gasteiger partial charge >= 0.3 is 0 Å². The number of ether oxygens (including phenoxy) is 1. The van der Waals surface area contributed by atoms with Crippen molar-refractivity contribution in [2.75, 3.05) is 29.7 Å². The fourth-order valence-corrected chi connectivity index (χ4v) is 4.15. The van der Waals surface area contributed by atoms with Crippen molar-refractivity contribution in [3.63, 3.8) is 0 Å². The van der Waals surface area contributed by atoms with E-state index in [9.17, 15) is 4.39 Å². The molecule has 2 heterocycles. The van der Waals surface area contributed by atoms with Gasteiger partial charge < -0.3 is 20.3 Å². The molecule has 0 bridgehead atoms. The van der Waals surface area contributed by atoms with Crippen molar-refractivity contribution in [3.05, 3.63) is 83.3 Å². The fourth-order valence-electron chi connectivity index (χ4n) is 4.15. The first kappa shape index (κ1) is 21.7. The molecule has 32 heavy (non-hydrogen) atoms. The molecule has 1 unspecified atom stereocenters. The molecule has 0 aliphatic carbocycles. The van der Waals surface area contributed by atoms with Crippen LogP contribution in [0.2, 0.25) is 0 Å². The molecule has 0 saturated carbocycles. The molecular weight excluding hydrogens is 403 g/mol. The lowest BCUT2D eigenvalue weighted by molar-refractivity contribution is 0.414. The van der Waals surface area contributed by atoms with Crippen molar-refractivity contribution >= 4 is 23.3 Å². The van der Waals surface area contributed by atoms with Crippen LogP contribution in [0.1, 0.15) is 36.6 Å². The zero-order valence-corrected chi connectivity index (χ0v) is 18.9. The van der Waals surface area contributed by atoms with E-state index in [2.05, 4.69) is 54.0 Å². The molecule has 1 aromatic heterocycles. The van der Waals surface area contributed by atoms with Gasteiger partial charge in [-0.15, -0.1) is 0 Å². The van der Waals surface area contributed by atoms with Crippen LogP contribution in [0, 0.1) is 5.82 Å². The summed E-state index contributed by atoms with van der Waals surface area (Å²) in [7, 11) is 3.70. The summed E-state index contributed by atoms with van der Waals surface area (Å²) in [5.74, 6) is 1.34. The molecule has 1 aliphatic heterocycles. The Balaban J connectivity index is 1.64. The minimum absolute atomic E-state index is 0.0347. The molecule has 2 N–H and O–H groups in total. The highest BCUT2D eigenvalue weighted by Crippen LogP contribution is 2.39. The lowest BCUT2D eigenvalue weighted by atomic mass is 9.96. The van der Waals surface area contributed by atoms with E-state index in [1.807, 2.05) is 25.4 Å². The van der Waals surface area contributed by atoms with Gasteiger partial charge in [0.05, 0.1) is 24.5 Å². The number of hydrogen-bond donors (Lipinski definition) is 1. The van der Waals surface area contributed by atoms with E-state index in [0.717, 1.165) is 34.9 Å². The molecule has 166 valence electrons. The summed E-state index contributed by atoms with van der Waals surface area (Å²) in [6.45, 7) is 5.04. The van der Waals surface area contributed by atoms with Crippen molar-refractivity contribution < 1.29 is 9.13 Å². The molecule has 1 aliphatic rings. The largest absolute Gasteiger partial charge is 0.497 e. The van der Waals surface area contributed by atoms with E-state index in [1.54, 1.807) is 19.2 Å². The number of fused-ring (bicyclic) bond motifs is 1. The molecule has 5 nitrogen and oxygen atoms in total. The molecule has 0 amide bonds. The van der Waals surface area contributed by atoms with Gasteiger partial charge in [0.15, 0.2) is 0 Å². The van der Waals surface area contributed by atoms with E-state index >= 15 is 0 Å². The number of rotatable bonds is 6. The Morgan fingerprint density at radius 1 is 1.16 bits per heavy atom. The highest BCUT2D eigenvalue weighted by Gasteiger charge is 2.27. The Bertz CT molecular complexity index is 1130. The quantitative estimate of drug-likeness (QED) is 0.526. The minimum Gasteiger partial charge on any atom is -0.497 e. The molecule has 4 rings (SSSR count). The summed E-state index contributed by atoms with van der Waals surface area (Å²) in [6.07, 6.45) is 6.12. The van der Waals surface area contributed by atoms with Crippen LogP contribution in [0.3, 0.4) is 0 Å². The third-order valence-corrected chi connectivity index (χ3v) is 5.82.